The minimum absolute atomic E-state index is 0.0837. The summed E-state index contributed by atoms with van der Waals surface area (Å²) >= 11 is 3.75. The first-order chi connectivity index (χ1) is 21.3. The smallest absolute Gasteiger partial charge is 0.335 e. The average molecular weight is 654 g/mol. The number of tetrazole rings is 1. The Morgan fingerprint density at radius 1 is 1.02 bits per heavy atom. The van der Waals surface area contributed by atoms with Gasteiger partial charge in [0.1, 0.15) is 17.2 Å². The summed E-state index contributed by atoms with van der Waals surface area (Å²) in [5, 5.41) is 24.3. The lowest BCUT2D eigenvalue weighted by Crippen LogP contribution is -2.30. The summed E-state index contributed by atoms with van der Waals surface area (Å²) in [5.41, 5.74) is 5.68. The van der Waals surface area contributed by atoms with Gasteiger partial charge in [-0.1, -0.05) is 55.8 Å². The number of H-pyrrole nitrogens is 1. The standard InChI is InChI=1S/C33H29BrN6O4/c1-3-4-5-28-35-19(2)25(16-20-6-9-24(10-7-20)33(42)43)32(41)40(28)18-21-8-15-27-26(17-21)29(34)30(44-27)22-11-13-23(14-12-22)31-36-38-39-37-31/h6-15,17H,3-5,16,18H2,1-2H3,(H,42,43)(H,36,37,38,39). The maximum Gasteiger partial charge on any atom is 0.335 e. The van der Waals surface area contributed by atoms with E-state index in [2.05, 4.69) is 43.5 Å². The van der Waals surface area contributed by atoms with Crippen molar-refractivity contribution in [2.45, 2.75) is 46.1 Å². The van der Waals surface area contributed by atoms with Crippen LogP contribution < -0.4 is 5.56 Å². The van der Waals surface area contributed by atoms with Crippen LogP contribution in [0.2, 0.25) is 0 Å². The zero-order valence-electron chi connectivity index (χ0n) is 24.2. The molecule has 0 bridgehead atoms. The number of halogens is 1. The first-order valence-electron chi connectivity index (χ1n) is 14.3. The monoisotopic (exact) mass is 652 g/mol. The predicted octanol–water partition coefficient (Wildman–Crippen LogP) is 6.59. The summed E-state index contributed by atoms with van der Waals surface area (Å²) in [7, 11) is 0. The minimum Gasteiger partial charge on any atom is -0.478 e. The number of unbranched alkanes of at least 4 members (excludes halogenated alkanes) is 1. The van der Waals surface area contributed by atoms with Crippen molar-refractivity contribution in [2.24, 2.45) is 0 Å². The molecule has 6 aromatic rings. The van der Waals surface area contributed by atoms with E-state index in [0.29, 0.717) is 42.2 Å². The van der Waals surface area contributed by atoms with Crippen molar-refractivity contribution in [2.75, 3.05) is 0 Å². The molecule has 0 aliphatic rings. The lowest BCUT2D eigenvalue weighted by molar-refractivity contribution is 0.0697. The van der Waals surface area contributed by atoms with E-state index in [1.54, 1.807) is 28.8 Å². The third-order valence-corrected chi connectivity index (χ3v) is 8.45. The quantitative estimate of drug-likeness (QED) is 0.169. The van der Waals surface area contributed by atoms with Crippen molar-refractivity contribution < 1.29 is 14.3 Å². The molecule has 11 heteroatoms. The number of hydrogen-bond donors (Lipinski definition) is 2. The van der Waals surface area contributed by atoms with Crippen LogP contribution in [-0.4, -0.2) is 41.3 Å². The number of hydrogen-bond acceptors (Lipinski definition) is 7. The molecular formula is C33H29BrN6O4. The summed E-state index contributed by atoms with van der Waals surface area (Å²) in [6, 6.07) is 20.3. The van der Waals surface area contributed by atoms with Crippen molar-refractivity contribution in [3.8, 4) is 22.7 Å². The lowest BCUT2D eigenvalue weighted by atomic mass is 10.0. The van der Waals surface area contributed by atoms with Gasteiger partial charge in [0, 0.05) is 40.6 Å². The Morgan fingerprint density at radius 3 is 2.43 bits per heavy atom. The molecule has 0 atom stereocenters. The number of aromatic carboxylic acids is 1. The van der Waals surface area contributed by atoms with Gasteiger partial charge < -0.3 is 9.52 Å². The molecule has 2 N–H and O–H groups in total. The summed E-state index contributed by atoms with van der Waals surface area (Å²) in [6.07, 6.45) is 2.97. The molecule has 0 spiro atoms. The van der Waals surface area contributed by atoms with Gasteiger partial charge in [0.15, 0.2) is 0 Å². The second-order valence-electron chi connectivity index (χ2n) is 10.7. The van der Waals surface area contributed by atoms with Crippen LogP contribution in [0.25, 0.3) is 33.7 Å². The number of aromatic nitrogens is 6. The van der Waals surface area contributed by atoms with Gasteiger partial charge in [0.25, 0.3) is 5.56 Å². The molecule has 0 saturated carbocycles. The number of carboxylic acids is 1. The van der Waals surface area contributed by atoms with Crippen molar-refractivity contribution >= 4 is 32.9 Å². The highest BCUT2D eigenvalue weighted by molar-refractivity contribution is 9.10. The zero-order chi connectivity index (χ0) is 30.8. The molecule has 0 aliphatic heterocycles. The summed E-state index contributed by atoms with van der Waals surface area (Å²) < 4.78 is 8.83. The molecule has 3 aromatic carbocycles. The van der Waals surface area contributed by atoms with Gasteiger partial charge in [-0.3, -0.25) is 9.36 Å². The highest BCUT2D eigenvalue weighted by Gasteiger charge is 2.18. The van der Waals surface area contributed by atoms with Crippen molar-refractivity contribution in [1.29, 1.82) is 0 Å². The maximum absolute atomic E-state index is 14.0. The van der Waals surface area contributed by atoms with E-state index in [4.69, 9.17) is 9.40 Å². The molecular weight excluding hydrogens is 624 g/mol. The van der Waals surface area contributed by atoms with Gasteiger partial charge in [0.2, 0.25) is 5.82 Å². The molecule has 222 valence electrons. The van der Waals surface area contributed by atoms with E-state index in [1.807, 2.05) is 49.4 Å². The van der Waals surface area contributed by atoms with E-state index in [1.165, 1.54) is 0 Å². The minimum atomic E-state index is -0.983. The second kappa shape index (κ2) is 12.4. The lowest BCUT2D eigenvalue weighted by Gasteiger charge is -2.16. The van der Waals surface area contributed by atoms with Gasteiger partial charge in [0.05, 0.1) is 16.6 Å². The van der Waals surface area contributed by atoms with Crippen LogP contribution in [-0.2, 0) is 19.4 Å². The topological polar surface area (TPSA) is 140 Å². The Labute approximate surface area is 260 Å². The van der Waals surface area contributed by atoms with Crippen LogP contribution in [0.15, 0.2) is 80.4 Å². The Morgan fingerprint density at radius 2 is 1.75 bits per heavy atom. The van der Waals surface area contributed by atoms with Gasteiger partial charge in [-0.25, -0.2) is 9.78 Å². The Bertz CT molecular complexity index is 2010. The SMILES string of the molecule is CCCCc1nc(C)c(Cc2ccc(C(=O)O)cc2)c(=O)n1Cc1ccc2oc(-c3ccc(-c4nn[nH]n4)cc3)c(Br)c2c1. The highest BCUT2D eigenvalue weighted by Crippen LogP contribution is 2.38. The number of nitrogens with zero attached hydrogens (tertiary/aromatic N) is 5. The first kappa shape index (κ1) is 29.2. The number of aryl methyl sites for hydroxylation is 2. The molecule has 0 fully saturated rings. The van der Waals surface area contributed by atoms with Crippen LogP contribution in [0.4, 0.5) is 0 Å². The zero-order valence-corrected chi connectivity index (χ0v) is 25.8. The number of rotatable bonds is 10. The number of carbonyl (C=O) groups is 1. The largest absolute Gasteiger partial charge is 0.478 e. The molecule has 0 unspecified atom stereocenters. The summed E-state index contributed by atoms with van der Waals surface area (Å²) in [5.74, 6) is 0.992. The van der Waals surface area contributed by atoms with Crippen LogP contribution in [0, 0.1) is 6.92 Å². The summed E-state index contributed by atoms with van der Waals surface area (Å²) in [4.78, 5) is 30.1. The number of benzene rings is 3. The van der Waals surface area contributed by atoms with Crippen molar-refractivity contribution in [3.05, 3.63) is 115 Å². The maximum atomic E-state index is 14.0. The van der Waals surface area contributed by atoms with Gasteiger partial charge >= 0.3 is 5.97 Å². The number of aromatic amines is 1. The van der Waals surface area contributed by atoms with E-state index in [0.717, 1.165) is 56.4 Å². The molecule has 6 rings (SSSR count). The molecule has 3 aromatic heterocycles. The van der Waals surface area contributed by atoms with Crippen LogP contribution in [0.3, 0.4) is 0 Å². The molecule has 0 saturated heterocycles. The Kier molecular flexibility index (Phi) is 8.21. The van der Waals surface area contributed by atoms with Crippen LogP contribution in [0.5, 0.6) is 0 Å². The summed E-state index contributed by atoms with van der Waals surface area (Å²) in [6.45, 7) is 4.34. The van der Waals surface area contributed by atoms with Crippen LogP contribution in [0.1, 0.15) is 58.3 Å². The average Bonchev–Trinajstić information content (AvgIpc) is 3.69. The molecule has 0 aliphatic carbocycles. The fraction of sp³-hybridized carbons (Fsp3) is 0.212. The van der Waals surface area contributed by atoms with Gasteiger partial charge in [-0.05, 0) is 69.9 Å². The fourth-order valence-electron chi connectivity index (χ4n) is 5.25. The van der Waals surface area contributed by atoms with Crippen molar-refractivity contribution in [1.82, 2.24) is 30.2 Å². The number of fused-ring (bicyclic) bond motifs is 1. The number of nitrogens with one attached hydrogen (secondary N) is 1. The Balaban J connectivity index is 1.33. The second-order valence-corrected chi connectivity index (χ2v) is 11.4. The third-order valence-electron chi connectivity index (χ3n) is 7.67. The molecule has 0 radical (unpaired) electrons. The van der Waals surface area contributed by atoms with E-state index in [9.17, 15) is 14.7 Å². The number of furan rings is 1. The third kappa shape index (κ3) is 5.83. The highest BCUT2D eigenvalue weighted by atomic mass is 79.9. The molecule has 10 nitrogen and oxygen atoms in total. The van der Waals surface area contributed by atoms with E-state index in [-0.39, 0.29) is 11.1 Å². The Hall–Kier alpha value is -4.90. The van der Waals surface area contributed by atoms with E-state index < -0.39 is 5.97 Å². The number of carboxylic acid groups (broad SMARTS) is 1. The first-order valence-corrected chi connectivity index (χ1v) is 15.1. The van der Waals surface area contributed by atoms with E-state index >= 15 is 0 Å². The van der Waals surface area contributed by atoms with Gasteiger partial charge in [-0.2, -0.15) is 5.21 Å². The molecule has 44 heavy (non-hydrogen) atoms. The normalized spacial score (nSPS) is 11.3. The van der Waals surface area contributed by atoms with Crippen LogP contribution >= 0.6 is 15.9 Å². The predicted molar refractivity (Wildman–Crippen MR) is 170 cm³/mol. The molecule has 3 heterocycles. The fourth-order valence-corrected chi connectivity index (χ4v) is 5.87. The molecule has 0 amide bonds. The van der Waals surface area contributed by atoms with Crippen molar-refractivity contribution in [3.63, 3.8) is 0 Å². The van der Waals surface area contributed by atoms with Gasteiger partial charge in [-0.15, -0.1) is 10.2 Å².